The molecule has 6 heterocycles. The Morgan fingerprint density at radius 1 is 0.823 bits per heavy atom. The van der Waals surface area contributed by atoms with Gasteiger partial charge in [0.05, 0.1) is 30.9 Å². The molecule has 8 rings (SSSR count). The molecule has 2 aromatic heterocycles. The number of esters is 4. The molecule has 4 fully saturated rings. The molecule has 3 unspecified atom stereocenters. The lowest BCUT2D eigenvalue weighted by molar-refractivity contribution is -0.168. The van der Waals surface area contributed by atoms with Crippen LogP contribution in [0.15, 0.2) is 30.5 Å². The number of fused-ring (bicyclic) bond motifs is 5. The van der Waals surface area contributed by atoms with Crippen LogP contribution >= 0.6 is 0 Å². The third-order valence-corrected chi connectivity index (χ3v) is 15.3. The number of methoxy groups -OCH3 is 1. The molecular formula is C61H81F3N6O9. The molecular weight excluding hydrogens is 1020 g/mol. The summed E-state index contributed by atoms with van der Waals surface area (Å²) < 4.78 is 73.0. The Kier molecular flexibility index (Phi) is 22.6. The number of benzene rings is 2. The molecule has 2 aromatic carbocycles. The van der Waals surface area contributed by atoms with Crippen LogP contribution in [-0.4, -0.2) is 121 Å². The van der Waals surface area contributed by atoms with Crippen molar-refractivity contribution in [1.29, 1.82) is 0 Å². The van der Waals surface area contributed by atoms with Crippen molar-refractivity contribution in [2.45, 2.75) is 193 Å². The van der Waals surface area contributed by atoms with E-state index in [1.54, 1.807) is 13.8 Å². The Labute approximate surface area is 463 Å². The number of piperazine rings is 1. The van der Waals surface area contributed by atoms with Gasteiger partial charge in [0.1, 0.15) is 48.0 Å². The zero-order valence-corrected chi connectivity index (χ0v) is 47.0. The van der Waals surface area contributed by atoms with Gasteiger partial charge in [-0.25, -0.2) is 13.2 Å². The molecule has 18 heteroatoms. The molecule has 0 amide bonds. The Hall–Kier alpha value is -6.06. The molecule has 4 atom stereocenters. The quantitative estimate of drug-likeness (QED) is 0.0196. The maximum Gasteiger partial charge on any atom is 0.318 e. The summed E-state index contributed by atoms with van der Waals surface area (Å²) in [5.74, 6) is -1.00. The van der Waals surface area contributed by atoms with Gasteiger partial charge in [0.15, 0.2) is 11.9 Å². The van der Waals surface area contributed by atoms with Crippen LogP contribution in [0.4, 0.5) is 19.0 Å². The number of nitrogens with zero attached hydrogens (tertiary/aromatic N) is 5. The van der Waals surface area contributed by atoms with E-state index < -0.39 is 53.2 Å². The van der Waals surface area contributed by atoms with E-state index in [4.69, 9.17) is 30.1 Å². The highest BCUT2D eigenvalue weighted by Gasteiger charge is 2.36. The monoisotopic (exact) mass is 1100 g/mol. The van der Waals surface area contributed by atoms with Crippen molar-refractivity contribution in [1.82, 2.24) is 25.2 Å². The summed E-state index contributed by atoms with van der Waals surface area (Å²) in [5.41, 5.74) is -1.39. The number of alkyl halides is 1. The van der Waals surface area contributed by atoms with Crippen LogP contribution in [0.5, 0.6) is 11.8 Å². The minimum absolute atomic E-state index is 0.00961. The van der Waals surface area contributed by atoms with Gasteiger partial charge in [0, 0.05) is 67.7 Å². The fourth-order valence-corrected chi connectivity index (χ4v) is 11.3. The van der Waals surface area contributed by atoms with Gasteiger partial charge in [0.25, 0.3) is 0 Å². The lowest BCUT2D eigenvalue weighted by atomic mass is 9.86. The summed E-state index contributed by atoms with van der Waals surface area (Å²) in [4.78, 5) is 70.3. The maximum atomic E-state index is 17.1. The number of rotatable bonds is 27. The first-order chi connectivity index (χ1) is 38.1. The van der Waals surface area contributed by atoms with E-state index in [0.29, 0.717) is 55.1 Å². The maximum absolute atomic E-state index is 17.1. The van der Waals surface area contributed by atoms with E-state index in [-0.39, 0.29) is 90.5 Å². The van der Waals surface area contributed by atoms with Gasteiger partial charge in [-0.1, -0.05) is 104 Å². The lowest BCUT2D eigenvalue weighted by Gasteiger charge is -2.34. The van der Waals surface area contributed by atoms with Crippen molar-refractivity contribution < 1.29 is 56.0 Å². The van der Waals surface area contributed by atoms with Crippen molar-refractivity contribution in [2.24, 2.45) is 5.41 Å². The van der Waals surface area contributed by atoms with Gasteiger partial charge in [-0.05, 0) is 80.5 Å². The number of anilines is 1. The number of ether oxygens (including phenoxy) is 5. The second-order valence-corrected chi connectivity index (χ2v) is 22.5. The second-order valence-electron chi connectivity index (χ2n) is 22.5. The van der Waals surface area contributed by atoms with Gasteiger partial charge in [-0.3, -0.25) is 29.1 Å². The summed E-state index contributed by atoms with van der Waals surface area (Å²) in [5, 5.41) is 4.47. The van der Waals surface area contributed by atoms with Gasteiger partial charge in [-0.15, -0.1) is 6.42 Å². The van der Waals surface area contributed by atoms with Crippen LogP contribution in [0.25, 0.3) is 32.9 Å². The third-order valence-electron chi connectivity index (χ3n) is 15.3. The number of aromatic nitrogens is 3. The fourth-order valence-electron chi connectivity index (χ4n) is 11.3. The first kappa shape index (κ1) is 60.6. The van der Waals surface area contributed by atoms with E-state index in [1.165, 1.54) is 50.4 Å². The Balaban J connectivity index is 0.000000901. The second kappa shape index (κ2) is 29.4. The van der Waals surface area contributed by atoms with Gasteiger partial charge in [-0.2, -0.15) is 9.97 Å². The molecule has 15 nitrogen and oxygen atoms in total. The lowest BCUT2D eigenvalue weighted by Crippen LogP contribution is -2.51. The first-order valence-corrected chi connectivity index (χ1v) is 28.8. The number of pyridine rings is 1. The van der Waals surface area contributed by atoms with Crippen molar-refractivity contribution in [3.05, 3.63) is 47.7 Å². The highest BCUT2D eigenvalue weighted by molar-refractivity contribution is 6.03. The average molecular weight is 1100 g/mol. The van der Waals surface area contributed by atoms with E-state index in [1.807, 2.05) is 0 Å². The minimum atomic E-state index is -1.06. The predicted molar refractivity (Wildman–Crippen MR) is 297 cm³/mol. The number of unbranched alkanes of at least 4 members (excludes halogenated alkanes) is 10. The molecule has 4 aromatic rings. The van der Waals surface area contributed by atoms with E-state index in [9.17, 15) is 23.6 Å². The third kappa shape index (κ3) is 17.2. The number of carbonyl (C=O) groups is 4. The summed E-state index contributed by atoms with van der Waals surface area (Å²) in [6.07, 6.45) is 23.0. The summed E-state index contributed by atoms with van der Waals surface area (Å²) in [6, 6.07) is 6.58. The molecule has 4 saturated heterocycles. The number of nitrogens with one attached hydrogen (secondary N) is 1. The van der Waals surface area contributed by atoms with Gasteiger partial charge < -0.3 is 33.9 Å². The Morgan fingerprint density at radius 2 is 1.46 bits per heavy atom. The molecule has 79 heavy (non-hydrogen) atoms. The molecule has 430 valence electrons. The highest BCUT2D eigenvalue weighted by atomic mass is 19.1. The largest absolute Gasteiger partial charge is 0.467 e. The zero-order chi connectivity index (χ0) is 56.5. The van der Waals surface area contributed by atoms with Gasteiger partial charge in [0.2, 0.25) is 0 Å². The average Bonchev–Trinajstić information content (AvgIpc) is 4.21. The normalized spacial score (nSPS) is 18.8. The topological polar surface area (TPSA) is 172 Å². The molecule has 0 spiro atoms. The molecule has 0 aliphatic carbocycles. The predicted octanol–water partition coefficient (Wildman–Crippen LogP) is 11.5. The zero-order valence-electron chi connectivity index (χ0n) is 47.0. The van der Waals surface area contributed by atoms with Crippen LogP contribution in [0.3, 0.4) is 0 Å². The number of hydrogen-bond donors (Lipinski definition) is 1. The molecule has 2 bridgehead atoms. The van der Waals surface area contributed by atoms with Crippen LogP contribution in [0.1, 0.15) is 168 Å². The SMILES string of the molecule is C#Cc1c(F)ccc2cc(OC(=O)CC(C)(C)CC(=O)OC(COC(=O)CCCCCCCC)COC(=O)CCCCCCCC)cc(-c3ncc4c(N5CC6CCC(C5)N6)nc(OC)nc4c3F)c12.F[C@@H]1CC2CCCN2C1. The Bertz CT molecular complexity index is 2720. The smallest absolute Gasteiger partial charge is 0.318 e. The van der Waals surface area contributed by atoms with E-state index >= 15 is 8.78 Å². The molecule has 0 radical (unpaired) electrons. The fraction of sp³-hybridized carbons (Fsp3) is 0.623. The molecule has 4 aliphatic rings. The Morgan fingerprint density at radius 3 is 2.08 bits per heavy atom. The molecule has 1 N–H and O–H groups in total. The number of hydrogen-bond acceptors (Lipinski definition) is 15. The van der Waals surface area contributed by atoms with Crippen LogP contribution < -0.4 is 19.7 Å². The summed E-state index contributed by atoms with van der Waals surface area (Å²) >= 11 is 0. The summed E-state index contributed by atoms with van der Waals surface area (Å²) in [6.45, 7) is 10.2. The van der Waals surface area contributed by atoms with Crippen LogP contribution in [0.2, 0.25) is 0 Å². The van der Waals surface area contributed by atoms with Crippen molar-refractivity contribution in [3.8, 4) is 35.4 Å². The van der Waals surface area contributed by atoms with Crippen molar-refractivity contribution >= 4 is 51.4 Å². The molecule has 0 saturated carbocycles. The first-order valence-electron chi connectivity index (χ1n) is 28.8. The number of terminal acetylenes is 1. The number of carbonyl (C=O) groups excluding carboxylic acids is 4. The van der Waals surface area contributed by atoms with E-state index in [2.05, 4.69) is 49.8 Å². The summed E-state index contributed by atoms with van der Waals surface area (Å²) in [7, 11) is 1.40. The molecule has 4 aliphatic heterocycles. The van der Waals surface area contributed by atoms with Crippen LogP contribution in [0, 0.1) is 29.4 Å². The highest BCUT2D eigenvalue weighted by Crippen LogP contribution is 2.40. The van der Waals surface area contributed by atoms with Crippen LogP contribution in [-0.2, 0) is 33.4 Å². The standard InChI is InChI=1S/C54H69F2N5O9.C7H12FN/c1-7-10-12-14-16-18-20-44(62)67-33-39(34-68-45(63)21-19-17-15-13-11-8-2)70-47(65)29-54(4,5)28-46(64)69-38-26-35-22-25-43(55)40(9-3)48(35)41(27-38)50-49(56)51-42(30-57-50)52(60-53(59-51)66-6)61-31-36-23-24-37(32-61)58-36;8-6-4-7-2-1-3-9(7)5-6/h3,22,25-27,30,36-37,39,58H,7-8,10-21,23-24,28-29,31-34H2,1-2,4-6H3;6-7H,1-5H2/t;6-,7?/m.1/s1. The van der Waals surface area contributed by atoms with E-state index in [0.717, 1.165) is 90.0 Å². The van der Waals surface area contributed by atoms with Crippen molar-refractivity contribution in [2.75, 3.05) is 51.4 Å². The van der Waals surface area contributed by atoms with Gasteiger partial charge >= 0.3 is 29.9 Å². The number of halogens is 3. The van der Waals surface area contributed by atoms with Crippen molar-refractivity contribution in [3.63, 3.8) is 0 Å². The minimum Gasteiger partial charge on any atom is -0.467 e.